The topological polar surface area (TPSA) is 67.2 Å². The number of aryl methyl sites for hydroxylation is 1. The van der Waals surface area contributed by atoms with Crippen LogP contribution in [0, 0.1) is 11.8 Å². The summed E-state index contributed by atoms with van der Waals surface area (Å²) >= 11 is 0. The Morgan fingerprint density at radius 3 is 3.06 bits per heavy atom. The van der Waals surface area contributed by atoms with E-state index < -0.39 is 5.97 Å². The molecule has 1 aliphatic carbocycles. The van der Waals surface area contributed by atoms with Crippen LogP contribution in [0.3, 0.4) is 0 Å². The highest BCUT2D eigenvalue weighted by molar-refractivity contribution is 5.70. The molecule has 100 valence electrons. The van der Waals surface area contributed by atoms with Crippen molar-refractivity contribution in [1.29, 1.82) is 0 Å². The molecule has 2 rings (SSSR count). The fraction of sp³-hybridized carbons (Fsp3) is 0.692. The van der Waals surface area contributed by atoms with E-state index in [1.165, 1.54) is 0 Å². The number of hydrogen-bond acceptors (Lipinski definition) is 3. The molecule has 0 bridgehead atoms. The molecule has 1 saturated carbocycles. The van der Waals surface area contributed by atoms with Crippen molar-refractivity contribution in [3.8, 4) is 0 Å². The van der Waals surface area contributed by atoms with Crippen LogP contribution < -0.4 is 5.32 Å². The molecule has 2 N–H and O–H groups in total. The molecule has 18 heavy (non-hydrogen) atoms. The van der Waals surface area contributed by atoms with Crippen LogP contribution in [0.4, 0.5) is 0 Å². The van der Waals surface area contributed by atoms with Crippen molar-refractivity contribution in [3.63, 3.8) is 0 Å². The molecule has 0 aliphatic heterocycles. The number of carboxylic acid groups (broad SMARTS) is 1. The first-order chi connectivity index (χ1) is 8.59. The minimum absolute atomic E-state index is 0.170. The van der Waals surface area contributed by atoms with Gasteiger partial charge in [-0.2, -0.15) is 5.10 Å². The van der Waals surface area contributed by atoms with E-state index in [1.54, 1.807) is 6.20 Å². The largest absolute Gasteiger partial charge is 0.481 e. The molecule has 0 spiro atoms. The number of nitrogens with one attached hydrogen (secondary N) is 1. The van der Waals surface area contributed by atoms with Gasteiger partial charge < -0.3 is 10.4 Å². The smallest absolute Gasteiger partial charge is 0.306 e. The van der Waals surface area contributed by atoms with E-state index in [0.717, 1.165) is 31.5 Å². The molecular formula is C13H21N3O2. The van der Waals surface area contributed by atoms with Gasteiger partial charge in [-0.25, -0.2) is 0 Å². The molecule has 5 nitrogen and oxygen atoms in total. The molecule has 0 saturated heterocycles. The molecule has 0 aromatic carbocycles. The number of hydrogen-bond donors (Lipinski definition) is 2. The molecule has 3 atom stereocenters. The normalized spacial score (nSPS) is 25.2. The van der Waals surface area contributed by atoms with Crippen LogP contribution in [0.1, 0.15) is 37.9 Å². The van der Waals surface area contributed by atoms with Crippen LogP contribution in [0.25, 0.3) is 0 Å². The van der Waals surface area contributed by atoms with Crippen molar-refractivity contribution >= 4 is 5.97 Å². The maximum absolute atomic E-state index is 11.1. The Kier molecular flexibility index (Phi) is 4.01. The zero-order valence-electron chi connectivity index (χ0n) is 11.0. The van der Waals surface area contributed by atoms with Crippen LogP contribution in [0.2, 0.25) is 0 Å². The minimum atomic E-state index is -0.646. The Hall–Kier alpha value is -1.36. The second-order valence-corrected chi connectivity index (χ2v) is 5.15. The Morgan fingerprint density at radius 2 is 2.44 bits per heavy atom. The molecule has 5 heteroatoms. The van der Waals surface area contributed by atoms with E-state index in [2.05, 4.69) is 17.3 Å². The molecule has 1 aliphatic rings. The molecule has 1 fully saturated rings. The van der Waals surface area contributed by atoms with E-state index >= 15 is 0 Å². The molecule has 1 aromatic rings. The van der Waals surface area contributed by atoms with Crippen LogP contribution in [-0.2, 0) is 11.8 Å². The fourth-order valence-corrected chi connectivity index (χ4v) is 2.85. The zero-order valence-corrected chi connectivity index (χ0v) is 11.0. The highest BCUT2D eigenvalue weighted by atomic mass is 16.4. The number of nitrogens with zero attached hydrogens (tertiary/aromatic N) is 2. The number of rotatable bonds is 5. The number of aliphatic carboxylic acids is 1. The van der Waals surface area contributed by atoms with E-state index in [-0.39, 0.29) is 17.9 Å². The van der Waals surface area contributed by atoms with Crippen LogP contribution in [0.15, 0.2) is 12.3 Å². The summed E-state index contributed by atoms with van der Waals surface area (Å²) in [5, 5.41) is 16.7. The standard InChI is InChI=1S/C13H21N3O2/c1-9(12-6-7-15-16(12)2)14-8-10-4-3-5-11(10)13(17)18/h6-7,9-11,14H,3-5,8H2,1-2H3,(H,17,18). The van der Waals surface area contributed by atoms with Crippen LogP contribution >= 0.6 is 0 Å². The summed E-state index contributed by atoms with van der Waals surface area (Å²) in [5.41, 5.74) is 1.12. The summed E-state index contributed by atoms with van der Waals surface area (Å²) in [6.45, 7) is 2.85. The van der Waals surface area contributed by atoms with Gasteiger partial charge in [-0.05, 0) is 38.3 Å². The van der Waals surface area contributed by atoms with Crippen LogP contribution in [-0.4, -0.2) is 27.4 Å². The monoisotopic (exact) mass is 251 g/mol. The van der Waals surface area contributed by atoms with Gasteiger partial charge >= 0.3 is 5.97 Å². The zero-order chi connectivity index (χ0) is 13.1. The van der Waals surface area contributed by atoms with E-state index in [9.17, 15) is 4.79 Å². The summed E-state index contributed by atoms with van der Waals surface area (Å²) in [5.74, 6) is -0.554. The predicted octanol–water partition coefficient (Wildman–Crippen LogP) is 1.57. The van der Waals surface area contributed by atoms with E-state index in [0.29, 0.717) is 0 Å². The van der Waals surface area contributed by atoms with Crippen molar-refractivity contribution in [2.45, 2.75) is 32.2 Å². The molecular weight excluding hydrogens is 230 g/mol. The average molecular weight is 251 g/mol. The quantitative estimate of drug-likeness (QED) is 0.833. The lowest BCUT2D eigenvalue weighted by molar-refractivity contribution is -0.142. The highest BCUT2D eigenvalue weighted by Crippen LogP contribution is 2.31. The lowest BCUT2D eigenvalue weighted by atomic mass is 9.96. The summed E-state index contributed by atoms with van der Waals surface area (Å²) in [6.07, 6.45) is 4.65. The molecule has 1 aromatic heterocycles. The Labute approximate surface area is 107 Å². The van der Waals surface area contributed by atoms with Gasteiger partial charge in [-0.3, -0.25) is 9.48 Å². The van der Waals surface area contributed by atoms with Gasteiger partial charge in [0.05, 0.1) is 11.6 Å². The van der Waals surface area contributed by atoms with Crippen molar-refractivity contribution in [1.82, 2.24) is 15.1 Å². The number of carboxylic acids is 1. The van der Waals surface area contributed by atoms with Crippen LogP contribution in [0.5, 0.6) is 0 Å². The van der Waals surface area contributed by atoms with Crippen molar-refractivity contribution in [2.75, 3.05) is 6.54 Å². The maximum Gasteiger partial charge on any atom is 0.306 e. The first kappa shape index (κ1) is 13.1. The SMILES string of the molecule is CC(NCC1CCCC1C(=O)O)c1ccnn1C. The summed E-state index contributed by atoms with van der Waals surface area (Å²) in [4.78, 5) is 11.1. The van der Waals surface area contributed by atoms with Crippen molar-refractivity contribution < 1.29 is 9.90 Å². The van der Waals surface area contributed by atoms with Crippen molar-refractivity contribution in [2.24, 2.45) is 18.9 Å². The Morgan fingerprint density at radius 1 is 1.67 bits per heavy atom. The predicted molar refractivity (Wildman–Crippen MR) is 68.1 cm³/mol. The fourth-order valence-electron chi connectivity index (χ4n) is 2.85. The van der Waals surface area contributed by atoms with E-state index in [1.807, 2.05) is 17.8 Å². The summed E-state index contributed by atoms with van der Waals surface area (Å²) < 4.78 is 1.85. The Balaban J connectivity index is 1.88. The summed E-state index contributed by atoms with van der Waals surface area (Å²) in [6, 6.07) is 2.19. The highest BCUT2D eigenvalue weighted by Gasteiger charge is 2.32. The molecule has 0 radical (unpaired) electrons. The molecule has 0 amide bonds. The van der Waals surface area contributed by atoms with Gasteiger partial charge in [0, 0.05) is 19.3 Å². The third kappa shape index (κ3) is 2.72. The Bertz CT molecular complexity index is 416. The minimum Gasteiger partial charge on any atom is -0.481 e. The third-order valence-electron chi connectivity index (χ3n) is 3.96. The second kappa shape index (κ2) is 5.52. The molecule has 1 heterocycles. The molecule has 3 unspecified atom stereocenters. The summed E-state index contributed by atoms with van der Waals surface area (Å²) in [7, 11) is 1.92. The van der Waals surface area contributed by atoms with Gasteiger partial charge in [0.2, 0.25) is 0 Å². The van der Waals surface area contributed by atoms with Gasteiger partial charge in [0.15, 0.2) is 0 Å². The number of carbonyl (C=O) groups is 1. The van der Waals surface area contributed by atoms with Crippen molar-refractivity contribution in [3.05, 3.63) is 18.0 Å². The first-order valence-corrected chi connectivity index (χ1v) is 6.53. The first-order valence-electron chi connectivity index (χ1n) is 6.53. The van der Waals surface area contributed by atoms with Gasteiger partial charge in [-0.1, -0.05) is 6.42 Å². The van der Waals surface area contributed by atoms with Gasteiger partial charge in [0.1, 0.15) is 0 Å². The second-order valence-electron chi connectivity index (χ2n) is 5.15. The van der Waals surface area contributed by atoms with Gasteiger partial charge in [-0.15, -0.1) is 0 Å². The lowest BCUT2D eigenvalue weighted by Gasteiger charge is -2.20. The van der Waals surface area contributed by atoms with E-state index in [4.69, 9.17) is 5.11 Å². The lowest BCUT2D eigenvalue weighted by Crippen LogP contribution is -2.31. The average Bonchev–Trinajstić information content (AvgIpc) is 2.94. The maximum atomic E-state index is 11.1. The number of aromatic nitrogens is 2. The third-order valence-corrected chi connectivity index (χ3v) is 3.96. The van der Waals surface area contributed by atoms with Gasteiger partial charge in [0.25, 0.3) is 0 Å².